The second kappa shape index (κ2) is 8.77. The second-order valence-corrected chi connectivity index (χ2v) is 7.56. The minimum Gasteiger partial charge on any atom is -0.383 e. The average molecular weight is 329 g/mol. The predicted octanol–water partition coefficient (Wildman–Crippen LogP) is 3.49. The van der Waals surface area contributed by atoms with Gasteiger partial charge in [0, 0.05) is 19.3 Å². The minimum absolute atomic E-state index is 0.556. The molecule has 110 valence electrons. The number of methoxy groups -OCH3 is 1. The van der Waals surface area contributed by atoms with Crippen LogP contribution < -0.4 is 10.6 Å². The molecule has 2 N–H and O–H groups in total. The predicted molar refractivity (Wildman–Crippen MR) is 94.8 cm³/mol. The first kappa shape index (κ1) is 15.9. The number of thioether (sulfide) groups is 2. The third-order valence-electron chi connectivity index (χ3n) is 2.84. The number of hydrogen-bond donors (Lipinski definition) is 2. The van der Waals surface area contributed by atoms with Gasteiger partial charge in [-0.25, -0.2) is 0 Å². The van der Waals surface area contributed by atoms with Crippen molar-refractivity contribution in [2.45, 2.75) is 11.0 Å². The molecule has 0 bridgehead atoms. The van der Waals surface area contributed by atoms with Crippen LogP contribution in [0.15, 0.2) is 24.3 Å². The van der Waals surface area contributed by atoms with Crippen LogP contribution in [0.5, 0.6) is 0 Å². The van der Waals surface area contributed by atoms with Gasteiger partial charge in [-0.05, 0) is 47.8 Å². The van der Waals surface area contributed by atoms with E-state index >= 15 is 0 Å². The Morgan fingerprint density at radius 2 is 2.20 bits per heavy atom. The lowest BCUT2D eigenvalue weighted by atomic mass is 10.2. The van der Waals surface area contributed by atoms with Gasteiger partial charge in [0.25, 0.3) is 0 Å². The molecule has 0 radical (unpaired) electrons. The van der Waals surface area contributed by atoms with Crippen LogP contribution in [0.2, 0.25) is 0 Å². The Hall–Kier alpha value is -0.430. The highest BCUT2D eigenvalue weighted by atomic mass is 32.2. The van der Waals surface area contributed by atoms with E-state index in [0.29, 0.717) is 16.3 Å². The zero-order valence-corrected chi connectivity index (χ0v) is 14.0. The molecule has 1 heterocycles. The van der Waals surface area contributed by atoms with Gasteiger partial charge < -0.3 is 15.4 Å². The highest BCUT2D eigenvalue weighted by molar-refractivity contribution is 8.16. The SMILES string of the molecule is COCCNC(=S)Nc1cccc(C2SCCCS2)c1. The van der Waals surface area contributed by atoms with Crippen LogP contribution in [-0.4, -0.2) is 36.9 Å². The largest absolute Gasteiger partial charge is 0.383 e. The molecule has 6 heteroatoms. The van der Waals surface area contributed by atoms with Gasteiger partial charge in [0.15, 0.2) is 5.11 Å². The fourth-order valence-electron chi connectivity index (χ4n) is 1.89. The molecule has 1 saturated heterocycles. The van der Waals surface area contributed by atoms with Crippen LogP contribution in [0.1, 0.15) is 16.6 Å². The number of benzene rings is 1. The summed E-state index contributed by atoms with van der Waals surface area (Å²) in [5.41, 5.74) is 2.41. The third kappa shape index (κ3) is 5.16. The lowest BCUT2D eigenvalue weighted by molar-refractivity contribution is 0.204. The Kier molecular flexibility index (Phi) is 6.99. The molecule has 0 atom stereocenters. The fourth-order valence-corrected chi connectivity index (χ4v) is 4.98. The van der Waals surface area contributed by atoms with Crippen molar-refractivity contribution in [1.29, 1.82) is 0 Å². The van der Waals surface area contributed by atoms with Gasteiger partial charge in [0.1, 0.15) is 0 Å². The first-order valence-electron chi connectivity index (χ1n) is 6.66. The molecule has 1 aromatic carbocycles. The molecule has 0 spiro atoms. The van der Waals surface area contributed by atoms with Crippen LogP contribution in [0.25, 0.3) is 0 Å². The number of anilines is 1. The van der Waals surface area contributed by atoms with E-state index in [-0.39, 0.29) is 0 Å². The van der Waals surface area contributed by atoms with E-state index in [9.17, 15) is 0 Å². The van der Waals surface area contributed by atoms with E-state index in [1.165, 1.54) is 23.5 Å². The molecule has 20 heavy (non-hydrogen) atoms. The molecule has 1 fully saturated rings. The molecule has 0 aromatic heterocycles. The summed E-state index contributed by atoms with van der Waals surface area (Å²) in [4.78, 5) is 0. The molecule has 0 unspecified atom stereocenters. The van der Waals surface area contributed by atoms with Gasteiger partial charge in [-0.3, -0.25) is 0 Å². The highest BCUT2D eigenvalue weighted by Gasteiger charge is 2.16. The van der Waals surface area contributed by atoms with Crippen molar-refractivity contribution in [3.63, 3.8) is 0 Å². The van der Waals surface area contributed by atoms with Crippen molar-refractivity contribution in [3.8, 4) is 0 Å². The van der Waals surface area contributed by atoms with E-state index in [4.69, 9.17) is 17.0 Å². The highest BCUT2D eigenvalue weighted by Crippen LogP contribution is 2.43. The van der Waals surface area contributed by atoms with Crippen molar-refractivity contribution in [1.82, 2.24) is 5.32 Å². The summed E-state index contributed by atoms with van der Waals surface area (Å²) in [5, 5.41) is 6.98. The smallest absolute Gasteiger partial charge is 0.170 e. The second-order valence-electron chi connectivity index (χ2n) is 4.43. The van der Waals surface area contributed by atoms with Crippen molar-refractivity contribution in [2.75, 3.05) is 37.1 Å². The normalized spacial score (nSPS) is 15.8. The Bertz CT molecular complexity index is 436. The molecule has 1 aromatic rings. The van der Waals surface area contributed by atoms with Crippen molar-refractivity contribution in [2.24, 2.45) is 0 Å². The Morgan fingerprint density at radius 3 is 2.95 bits per heavy atom. The molecule has 3 nitrogen and oxygen atoms in total. The molecule has 0 saturated carbocycles. The van der Waals surface area contributed by atoms with Crippen LogP contribution in [0.4, 0.5) is 5.69 Å². The summed E-state index contributed by atoms with van der Waals surface area (Å²) in [7, 11) is 1.68. The van der Waals surface area contributed by atoms with Crippen LogP contribution in [0, 0.1) is 0 Å². The number of rotatable bonds is 5. The maximum absolute atomic E-state index is 5.26. The summed E-state index contributed by atoms with van der Waals surface area (Å²) < 4.78 is 5.54. The third-order valence-corrected chi connectivity index (χ3v) is 6.10. The number of hydrogen-bond acceptors (Lipinski definition) is 4. The van der Waals surface area contributed by atoms with Crippen LogP contribution in [-0.2, 0) is 4.74 Å². The summed E-state index contributed by atoms with van der Waals surface area (Å²) in [6.07, 6.45) is 1.32. The first-order valence-corrected chi connectivity index (χ1v) is 9.17. The minimum atomic E-state index is 0.556. The van der Waals surface area contributed by atoms with Gasteiger partial charge in [-0.1, -0.05) is 12.1 Å². The van der Waals surface area contributed by atoms with Gasteiger partial charge in [-0.15, -0.1) is 23.5 Å². The van der Waals surface area contributed by atoms with E-state index in [1.54, 1.807) is 7.11 Å². The van der Waals surface area contributed by atoms with E-state index in [2.05, 4.69) is 28.8 Å². The van der Waals surface area contributed by atoms with Gasteiger partial charge in [-0.2, -0.15) is 0 Å². The van der Waals surface area contributed by atoms with Gasteiger partial charge in [0.05, 0.1) is 11.2 Å². The zero-order valence-electron chi connectivity index (χ0n) is 11.6. The molecule has 1 aliphatic rings. The van der Waals surface area contributed by atoms with Crippen molar-refractivity contribution in [3.05, 3.63) is 29.8 Å². The quantitative estimate of drug-likeness (QED) is 0.636. The Morgan fingerprint density at radius 1 is 1.40 bits per heavy atom. The molecule has 2 rings (SSSR count). The lowest BCUT2D eigenvalue weighted by Crippen LogP contribution is -2.31. The molecule has 0 amide bonds. The van der Waals surface area contributed by atoms with Crippen LogP contribution in [0.3, 0.4) is 0 Å². The topological polar surface area (TPSA) is 33.3 Å². The summed E-state index contributed by atoms with van der Waals surface area (Å²) in [6.45, 7) is 1.37. The van der Waals surface area contributed by atoms with Crippen molar-refractivity contribution >= 4 is 46.5 Å². The van der Waals surface area contributed by atoms with E-state index in [0.717, 1.165) is 12.2 Å². The summed E-state index contributed by atoms with van der Waals surface area (Å²) in [6, 6.07) is 8.53. The summed E-state index contributed by atoms with van der Waals surface area (Å²) in [5.74, 6) is 2.51. The van der Waals surface area contributed by atoms with E-state index < -0.39 is 0 Å². The summed E-state index contributed by atoms with van der Waals surface area (Å²) >= 11 is 9.32. The molecule has 1 aliphatic heterocycles. The van der Waals surface area contributed by atoms with Crippen LogP contribution >= 0.6 is 35.7 Å². The maximum atomic E-state index is 5.26. The molecular weight excluding hydrogens is 308 g/mol. The number of thiocarbonyl (C=S) groups is 1. The number of ether oxygens (including phenoxy) is 1. The monoisotopic (exact) mass is 328 g/mol. The zero-order chi connectivity index (χ0) is 14.2. The average Bonchev–Trinajstić information content (AvgIpc) is 2.49. The fraction of sp³-hybridized carbons (Fsp3) is 0.500. The molecular formula is C14H20N2OS3. The Labute approximate surface area is 134 Å². The standard InChI is InChI=1S/C14H20N2OS3/c1-17-7-6-15-14(18)16-12-5-2-4-11(10-12)13-19-8-3-9-20-13/h2,4-5,10,13H,3,6-9H2,1H3,(H2,15,16,18). The maximum Gasteiger partial charge on any atom is 0.170 e. The first-order chi connectivity index (χ1) is 9.79. The van der Waals surface area contributed by atoms with E-state index in [1.807, 2.05) is 29.6 Å². The Balaban J connectivity index is 1.90. The van der Waals surface area contributed by atoms with Gasteiger partial charge >= 0.3 is 0 Å². The van der Waals surface area contributed by atoms with Gasteiger partial charge in [0.2, 0.25) is 0 Å². The number of nitrogens with one attached hydrogen (secondary N) is 2. The lowest BCUT2D eigenvalue weighted by Gasteiger charge is -2.21. The van der Waals surface area contributed by atoms with Crippen molar-refractivity contribution < 1.29 is 4.74 Å². The molecule has 0 aliphatic carbocycles.